The highest BCUT2D eigenvalue weighted by Gasteiger charge is 2.70. The molecule has 7 nitrogen and oxygen atoms in total. The summed E-state index contributed by atoms with van der Waals surface area (Å²) in [5.41, 5.74) is -0.165. The van der Waals surface area contributed by atoms with Crippen LogP contribution in [0.1, 0.15) is 120 Å². The quantitative estimate of drug-likeness (QED) is 0.326. The van der Waals surface area contributed by atoms with Crippen molar-refractivity contribution >= 4 is 11.8 Å². The van der Waals surface area contributed by atoms with Crippen molar-refractivity contribution in [3.8, 4) is 0 Å². The molecule has 0 aromatic carbocycles. The van der Waals surface area contributed by atoms with Crippen molar-refractivity contribution in [3.05, 3.63) is 11.6 Å². The molecule has 6 aliphatic rings. The van der Waals surface area contributed by atoms with E-state index >= 15 is 0 Å². The summed E-state index contributed by atoms with van der Waals surface area (Å²) in [4.78, 5) is 27.0. The lowest BCUT2D eigenvalue weighted by Crippen LogP contribution is -2.67. The highest BCUT2D eigenvalue weighted by atomic mass is 16.7. The molecular formula is C36H56O7. The van der Waals surface area contributed by atoms with Gasteiger partial charge in [0.05, 0.1) is 23.7 Å². The van der Waals surface area contributed by atoms with Crippen LogP contribution in [0, 0.1) is 50.2 Å². The number of hydrogen-bond donors (Lipinski definition) is 3. The zero-order chi connectivity index (χ0) is 31.5. The maximum Gasteiger partial charge on any atom is 0.309 e. The van der Waals surface area contributed by atoms with Gasteiger partial charge in [0.2, 0.25) is 0 Å². The molecule has 7 heteroatoms. The minimum Gasteiger partial charge on any atom is -0.481 e. The van der Waals surface area contributed by atoms with Gasteiger partial charge in [-0.2, -0.15) is 0 Å². The van der Waals surface area contributed by atoms with Gasteiger partial charge in [-0.25, -0.2) is 0 Å². The predicted octanol–water partition coefficient (Wildman–Crippen LogP) is 6.29. The first kappa shape index (κ1) is 31.7. The molecule has 0 aromatic rings. The van der Waals surface area contributed by atoms with Crippen LogP contribution in [0.4, 0.5) is 0 Å². The lowest BCUT2D eigenvalue weighted by molar-refractivity contribution is -0.290. The Kier molecular flexibility index (Phi) is 7.27. The van der Waals surface area contributed by atoms with E-state index in [0.29, 0.717) is 12.8 Å². The molecule has 0 aromatic heterocycles. The molecule has 43 heavy (non-hydrogen) atoms. The molecule has 5 fully saturated rings. The van der Waals surface area contributed by atoms with Crippen molar-refractivity contribution in [1.29, 1.82) is 0 Å². The van der Waals surface area contributed by atoms with Crippen LogP contribution in [0.5, 0.6) is 0 Å². The van der Waals surface area contributed by atoms with Crippen LogP contribution in [-0.2, 0) is 19.1 Å². The summed E-state index contributed by atoms with van der Waals surface area (Å²) in [7, 11) is 0. The van der Waals surface area contributed by atoms with Crippen LogP contribution in [0.3, 0.4) is 0 Å². The van der Waals surface area contributed by atoms with E-state index in [-0.39, 0.29) is 63.1 Å². The Morgan fingerprint density at radius 2 is 1.63 bits per heavy atom. The van der Waals surface area contributed by atoms with Crippen molar-refractivity contribution in [3.63, 3.8) is 0 Å². The van der Waals surface area contributed by atoms with Gasteiger partial charge >= 0.3 is 5.97 Å². The van der Waals surface area contributed by atoms with Gasteiger partial charge in [-0.1, -0.05) is 47.1 Å². The molecule has 242 valence electrons. The minimum atomic E-state index is -0.903. The lowest BCUT2D eigenvalue weighted by Gasteiger charge is -2.70. The normalized spacial score (nSPS) is 54.4. The van der Waals surface area contributed by atoms with E-state index in [2.05, 4.69) is 41.5 Å². The first-order valence-electron chi connectivity index (χ1n) is 17.0. The topological polar surface area (TPSA) is 113 Å². The number of aliphatic carboxylic acids is 1. The Morgan fingerprint density at radius 1 is 0.953 bits per heavy atom. The summed E-state index contributed by atoms with van der Waals surface area (Å²) in [6.07, 6.45) is 7.45. The van der Waals surface area contributed by atoms with Crippen LogP contribution < -0.4 is 0 Å². The van der Waals surface area contributed by atoms with E-state index in [1.807, 2.05) is 13.0 Å². The Bertz CT molecular complexity index is 1200. The fourth-order valence-corrected chi connectivity index (χ4v) is 11.9. The smallest absolute Gasteiger partial charge is 0.309 e. The molecule has 0 bridgehead atoms. The maximum atomic E-state index is 14.6. The largest absolute Gasteiger partial charge is 0.481 e. The van der Waals surface area contributed by atoms with Crippen LogP contribution >= 0.6 is 0 Å². The second kappa shape index (κ2) is 9.86. The fourth-order valence-electron chi connectivity index (χ4n) is 11.9. The summed E-state index contributed by atoms with van der Waals surface area (Å²) in [5, 5.41) is 30.7. The molecular weight excluding hydrogens is 544 g/mol. The standard InChI is InChI=1S/C36H56O7/c1-20-28(39)23(37)18-27(42-20)43-26-10-11-34(6)25(31(26,2)3)9-12-36(8)29(34)24(38)17-21-22-19-33(5,30(40)41)14-13-32(22,4)15-16-35(21,36)7/h17,20,22-23,25-29,37,39H,9-16,18-19H2,1-8H3,(H,40,41)/t20?,22-,23+,25-,26-,27?,28-,29+,32+,33-,34-,35+,36+/m0/s1. The summed E-state index contributed by atoms with van der Waals surface area (Å²) in [6.45, 7) is 17.8. The second-order valence-corrected chi connectivity index (χ2v) is 17.6. The van der Waals surface area contributed by atoms with Gasteiger partial charge in [0.1, 0.15) is 6.10 Å². The molecule has 6 rings (SSSR count). The number of ether oxygens (including phenoxy) is 2. The third-order valence-corrected chi connectivity index (χ3v) is 15.0. The average molecular weight is 601 g/mol. The highest BCUT2D eigenvalue weighted by molar-refractivity contribution is 5.95. The number of aliphatic hydroxyl groups is 2. The van der Waals surface area contributed by atoms with Crippen molar-refractivity contribution in [1.82, 2.24) is 0 Å². The van der Waals surface area contributed by atoms with E-state index in [9.17, 15) is 24.9 Å². The van der Waals surface area contributed by atoms with Gasteiger partial charge in [0, 0.05) is 12.3 Å². The number of ketones is 1. The monoisotopic (exact) mass is 600 g/mol. The molecule has 13 atom stereocenters. The van der Waals surface area contributed by atoms with Crippen LogP contribution in [0.15, 0.2) is 11.6 Å². The minimum absolute atomic E-state index is 0.0462. The number of carboxylic acid groups (broad SMARTS) is 1. The second-order valence-electron chi connectivity index (χ2n) is 17.6. The first-order valence-corrected chi connectivity index (χ1v) is 17.0. The Morgan fingerprint density at radius 3 is 2.28 bits per heavy atom. The molecule has 2 unspecified atom stereocenters. The molecule has 3 N–H and O–H groups in total. The van der Waals surface area contributed by atoms with Gasteiger partial charge in [-0.15, -0.1) is 0 Å². The lowest BCUT2D eigenvalue weighted by atomic mass is 9.33. The molecule has 0 radical (unpaired) electrons. The van der Waals surface area contributed by atoms with Gasteiger partial charge in [0.15, 0.2) is 12.1 Å². The highest BCUT2D eigenvalue weighted by Crippen LogP contribution is 2.75. The fraction of sp³-hybridized carbons (Fsp3) is 0.889. The van der Waals surface area contributed by atoms with Gasteiger partial charge in [0.25, 0.3) is 0 Å². The molecule has 5 aliphatic carbocycles. The first-order chi connectivity index (χ1) is 19.8. The average Bonchev–Trinajstić information content (AvgIpc) is 2.91. The van der Waals surface area contributed by atoms with Crippen LogP contribution in [-0.4, -0.2) is 57.8 Å². The molecule has 0 spiro atoms. The van der Waals surface area contributed by atoms with Gasteiger partial charge in [-0.3, -0.25) is 9.59 Å². The zero-order valence-corrected chi connectivity index (χ0v) is 27.7. The number of aliphatic hydroxyl groups excluding tert-OH is 2. The number of carbonyl (C=O) groups excluding carboxylic acids is 1. The van der Waals surface area contributed by atoms with E-state index in [1.165, 1.54) is 5.57 Å². The molecule has 1 aliphatic heterocycles. The molecule has 1 saturated heterocycles. The van der Waals surface area contributed by atoms with Gasteiger partial charge < -0.3 is 24.8 Å². The third-order valence-electron chi connectivity index (χ3n) is 15.0. The summed E-state index contributed by atoms with van der Waals surface area (Å²) < 4.78 is 12.6. The summed E-state index contributed by atoms with van der Waals surface area (Å²) in [6, 6.07) is 0. The van der Waals surface area contributed by atoms with E-state index < -0.39 is 36.0 Å². The Hall–Kier alpha value is -1.28. The maximum absolute atomic E-state index is 14.6. The number of carboxylic acids is 1. The molecule has 0 amide bonds. The van der Waals surface area contributed by atoms with Crippen molar-refractivity contribution in [2.75, 3.05) is 0 Å². The Labute approximate surface area is 258 Å². The zero-order valence-electron chi connectivity index (χ0n) is 27.7. The Balaban J connectivity index is 1.32. The van der Waals surface area contributed by atoms with Crippen LogP contribution in [0.2, 0.25) is 0 Å². The third kappa shape index (κ3) is 4.33. The SMILES string of the molecule is CC1OC(O[C@H]2CC[C@]3(C)[C@H]4C(=O)C=C5[C@@H]6C[C@@](C)(C(=O)O)CC[C@]6(C)CC[C@@]5(C)[C@]4(C)CC[C@H]3C2(C)C)C[C@@H](O)[C@H]1O. The summed E-state index contributed by atoms with van der Waals surface area (Å²) in [5.74, 6) is -0.128. The van der Waals surface area contributed by atoms with E-state index in [0.717, 1.165) is 44.9 Å². The molecule has 1 heterocycles. The van der Waals surface area contributed by atoms with Crippen molar-refractivity contribution in [2.45, 2.75) is 150 Å². The van der Waals surface area contributed by atoms with Crippen LogP contribution in [0.25, 0.3) is 0 Å². The number of rotatable bonds is 3. The summed E-state index contributed by atoms with van der Waals surface area (Å²) >= 11 is 0. The number of hydrogen-bond acceptors (Lipinski definition) is 6. The van der Waals surface area contributed by atoms with E-state index in [4.69, 9.17) is 9.47 Å². The van der Waals surface area contributed by atoms with Gasteiger partial charge in [-0.05, 0) is 117 Å². The van der Waals surface area contributed by atoms with Crippen molar-refractivity contribution < 1.29 is 34.4 Å². The van der Waals surface area contributed by atoms with E-state index in [1.54, 1.807) is 6.92 Å². The predicted molar refractivity (Wildman–Crippen MR) is 163 cm³/mol. The number of carbonyl (C=O) groups is 2. The van der Waals surface area contributed by atoms with Crippen molar-refractivity contribution in [2.24, 2.45) is 50.2 Å². The molecule has 4 saturated carbocycles. The number of allylic oxidation sites excluding steroid dienone is 2. The number of fused-ring (bicyclic) bond motifs is 7.